The average molecular weight is 440 g/mol. The van der Waals surface area contributed by atoms with Gasteiger partial charge in [-0.15, -0.1) is 0 Å². The maximum Gasteiger partial charge on any atom is 0.300 e. The van der Waals surface area contributed by atoms with E-state index in [4.69, 9.17) is 14.7 Å². The van der Waals surface area contributed by atoms with Crippen LogP contribution in [-0.2, 0) is 9.59 Å². The zero-order valence-corrected chi connectivity index (χ0v) is 18.0. The van der Waals surface area contributed by atoms with Gasteiger partial charge < -0.3 is 14.6 Å². The Balaban J connectivity index is 1.92. The van der Waals surface area contributed by atoms with Crippen molar-refractivity contribution >= 4 is 23.1 Å². The number of benzene rings is 3. The van der Waals surface area contributed by atoms with Gasteiger partial charge in [0.2, 0.25) is 0 Å². The van der Waals surface area contributed by atoms with Crippen LogP contribution in [0, 0.1) is 11.3 Å². The molecule has 164 valence electrons. The molecule has 1 saturated heterocycles. The molecule has 0 aliphatic carbocycles. The minimum atomic E-state index is -0.880. The van der Waals surface area contributed by atoms with Crippen LogP contribution in [0.3, 0.4) is 0 Å². The van der Waals surface area contributed by atoms with Gasteiger partial charge in [-0.2, -0.15) is 5.26 Å². The normalized spacial score (nSPS) is 17.0. The molecule has 7 nitrogen and oxygen atoms in total. The highest BCUT2D eigenvalue weighted by atomic mass is 16.5. The van der Waals surface area contributed by atoms with E-state index in [9.17, 15) is 14.7 Å². The summed E-state index contributed by atoms with van der Waals surface area (Å²) < 4.78 is 10.5. The molecule has 1 fully saturated rings. The lowest BCUT2D eigenvalue weighted by Crippen LogP contribution is -2.29. The van der Waals surface area contributed by atoms with Crippen molar-refractivity contribution in [3.63, 3.8) is 0 Å². The molecule has 1 aliphatic rings. The van der Waals surface area contributed by atoms with Gasteiger partial charge in [-0.3, -0.25) is 14.5 Å². The van der Waals surface area contributed by atoms with Gasteiger partial charge in [0.25, 0.3) is 11.7 Å². The van der Waals surface area contributed by atoms with Gasteiger partial charge in [-0.1, -0.05) is 24.3 Å². The lowest BCUT2D eigenvalue weighted by molar-refractivity contribution is -0.132. The largest absolute Gasteiger partial charge is 0.507 e. The summed E-state index contributed by atoms with van der Waals surface area (Å²) in [6.45, 7) is 0. The zero-order valence-electron chi connectivity index (χ0n) is 18.0. The number of aliphatic hydroxyl groups excluding tert-OH is 1. The molecule has 1 heterocycles. The van der Waals surface area contributed by atoms with Crippen LogP contribution in [0.4, 0.5) is 5.69 Å². The van der Waals surface area contributed by atoms with E-state index in [0.29, 0.717) is 33.9 Å². The number of ether oxygens (including phenoxy) is 2. The number of hydrogen-bond acceptors (Lipinski definition) is 6. The fourth-order valence-corrected chi connectivity index (χ4v) is 3.82. The van der Waals surface area contributed by atoms with Gasteiger partial charge in [0.1, 0.15) is 17.3 Å². The minimum absolute atomic E-state index is 0.0391. The molecule has 0 radical (unpaired) electrons. The average Bonchev–Trinajstić information content (AvgIpc) is 3.13. The summed E-state index contributed by atoms with van der Waals surface area (Å²) in [6, 6.07) is 21.1. The third-order valence-corrected chi connectivity index (χ3v) is 5.49. The smallest absolute Gasteiger partial charge is 0.300 e. The number of anilines is 1. The maximum atomic E-state index is 13.2. The molecule has 4 rings (SSSR count). The van der Waals surface area contributed by atoms with Crippen LogP contribution in [0.2, 0.25) is 0 Å². The Morgan fingerprint density at radius 1 is 0.939 bits per heavy atom. The van der Waals surface area contributed by atoms with Crippen LogP contribution in [-0.4, -0.2) is 31.0 Å². The van der Waals surface area contributed by atoms with E-state index in [1.807, 2.05) is 6.07 Å². The van der Waals surface area contributed by atoms with Crippen LogP contribution < -0.4 is 14.4 Å². The second-order valence-corrected chi connectivity index (χ2v) is 7.33. The first-order valence-corrected chi connectivity index (χ1v) is 10.1. The number of aliphatic hydroxyl groups is 1. The van der Waals surface area contributed by atoms with Crippen molar-refractivity contribution in [2.75, 3.05) is 19.1 Å². The first kappa shape index (κ1) is 21.7. The molecule has 7 heteroatoms. The topological polar surface area (TPSA) is 99.9 Å². The molecule has 0 aromatic heterocycles. The standard InChI is InChI=1S/C26H20N2O5/c1-32-20-12-8-17(9-13-20)23-22(24(29)18-4-3-5-21(14-18)33-2)25(30)26(31)28(23)19-10-6-16(15-27)7-11-19/h3-14,23,29H,1-2H3/b24-22-. The predicted octanol–water partition coefficient (Wildman–Crippen LogP) is 4.20. The Morgan fingerprint density at radius 2 is 1.61 bits per heavy atom. The Labute approximate surface area is 190 Å². The second kappa shape index (κ2) is 8.89. The van der Waals surface area contributed by atoms with Crippen LogP contribution in [0.15, 0.2) is 78.4 Å². The Morgan fingerprint density at radius 3 is 2.21 bits per heavy atom. The minimum Gasteiger partial charge on any atom is -0.507 e. The molecule has 0 spiro atoms. The fourth-order valence-electron chi connectivity index (χ4n) is 3.82. The molecule has 3 aromatic rings. The number of nitrogens with zero attached hydrogens (tertiary/aromatic N) is 2. The summed E-state index contributed by atoms with van der Waals surface area (Å²) in [5.74, 6) is -0.766. The van der Waals surface area contributed by atoms with Crippen molar-refractivity contribution < 1.29 is 24.2 Å². The Bertz CT molecular complexity index is 1290. The van der Waals surface area contributed by atoms with E-state index in [0.717, 1.165) is 0 Å². The Kier molecular flexibility index (Phi) is 5.83. The zero-order chi connectivity index (χ0) is 23.5. The lowest BCUT2D eigenvalue weighted by atomic mass is 9.95. The van der Waals surface area contributed by atoms with Gasteiger partial charge in [-0.05, 0) is 54.1 Å². The molecule has 1 atom stereocenters. The van der Waals surface area contributed by atoms with Crippen molar-refractivity contribution in [3.8, 4) is 17.6 Å². The van der Waals surface area contributed by atoms with Crippen LogP contribution in [0.5, 0.6) is 11.5 Å². The summed E-state index contributed by atoms with van der Waals surface area (Å²) in [4.78, 5) is 27.7. The number of ketones is 1. The summed E-state index contributed by atoms with van der Waals surface area (Å²) in [6.07, 6.45) is 0. The molecular formula is C26H20N2O5. The van der Waals surface area contributed by atoms with E-state index in [1.165, 1.54) is 12.0 Å². The third kappa shape index (κ3) is 3.90. The molecular weight excluding hydrogens is 420 g/mol. The van der Waals surface area contributed by atoms with Crippen LogP contribution >= 0.6 is 0 Å². The van der Waals surface area contributed by atoms with Crippen LogP contribution in [0.1, 0.15) is 22.7 Å². The van der Waals surface area contributed by atoms with Crippen molar-refractivity contribution in [3.05, 3.63) is 95.1 Å². The maximum absolute atomic E-state index is 13.2. The summed E-state index contributed by atoms with van der Waals surface area (Å²) in [5.41, 5.74) is 1.78. The predicted molar refractivity (Wildman–Crippen MR) is 122 cm³/mol. The van der Waals surface area contributed by atoms with E-state index in [-0.39, 0.29) is 11.3 Å². The van der Waals surface area contributed by atoms with Gasteiger partial charge in [-0.25, -0.2) is 0 Å². The second-order valence-electron chi connectivity index (χ2n) is 7.33. The number of carbonyl (C=O) groups excluding carboxylic acids is 2. The van der Waals surface area contributed by atoms with E-state index < -0.39 is 17.7 Å². The number of amides is 1. The van der Waals surface area contributed by atoms with Gasteiger partial charge in [0.15, 0.2) is 0 Å². The van der Waals surface area contributed by atoms with Crippen molar-refractivity contribution in [2.45, 2.75) is 6.04 Å². The van der Waals surface area contributed by atoms with Crippen molar-refractivity contribution in [2.24, 2.45) is 0 Å². The SMILES string of the molecule is COc1ccc(C2/C(=C(/O)c3cccc(OC)c3)C(=O)C(=O)N2c2ccc(C#N)cc2)cc1. The monoisotopic (exact) mass is 440 g/mol. The number of Topliss-reactive ketones (excluding diaryl/α,β-unsaturated/α-hetero) is 1. The van der Waals surface area contributed by atoms with Gasteiger partial charge >= 0.3 is 0 Å². The molecule has 0 saturated carbocycles. The highest BCUT2D eigenvalue weighted by Crippen LogP contribution is 2.42. The lowest BCUT2D eigenvalue weighted by Gasteiger charge is -2.25. The van der Waals surface area contributed by atoms with E-state index in [1.54, 1.807) is 79.9 Å². The van der Waals surface area contributed by atoms with Crippen molar-refractivity contribution in [1.29, 1.82) is 5.26 Å². The molecule has 33 heavy (non-hydrogen) atoms. The number of hydrogen-bond donors (Lipinski definition) is 1. The molecule has 3 aromatic carbocycles. The van der Waals surface area contributed by atoms with Crippen LogP contribution in [0.25, 0.3) is 5.76 Å². The number of nitriles is 1. The molecule has 1 N–H and O–H groups in total. The van der Waals surface area contributed by atoms with E-state index >= 15 is 0 Å². The highest BCUT2D eigenvalue weighted by Gasteiger charge is 2.47. The first-order valence-electron chi connectivity index (χ1n) is 10.1. The van der Waals surface area contributed by atoms with Gasteiger partial charge in [0.05, 0.1) is 37.5 Å². The number of carbonyl (C=O) groups is 2. The van der Waals surface area contributed by atoms with Crippen molar-refractivity contribution in [1.82, 2.24) is 0 Å². The molecule has 1 aliphatic heterocycles. The first-order chi connectivity index (χ1) is 16.0. The van der Waals surface area contributed by atoms with Gasteiger partial charge in [0, 0.05) is 11.3 Å². The van der Waals surface area contributed by atoms with E-state index in [2.05, 4.69) is 0 Å². The third-order valence-electron chi connectivity index (χ3n) is 5.49. The quantitative estimate of drug-likeness (QED) is 0.363. The molecule has 1 unspecified atom stereocenters. The fraction of sp³-hybridized carbons (Fsp3) is 0.115. The molecule has 0 bridgehead atoms. The summed E-state index contributed by atoms with van der Waals surface area (Å²) in [7, 11) is 3.04. The summed E-state index contributed by atoms with van der Waals surface area (Å²) >= 11 is 0. The molecule has 1 amide bonds. The number of methoxy groups -OCH3 is 2. The Hall–Kier alpha value is -4.57. The highest BCUT2D eigenvalue weighted by molar-refractivity contribution is 6.51. The number of rotatable bonds is 5. The summed E-state index contributed by atoms with van der Waals surface area (Å²) in [5, 5.41) is 20.3.